The van der Waals surface area contributed by atoms with Crippen molar-refractivity contribution in [3.05, 3.63) is 71.3 Å². The molecule has 0 fully saturated rings. The quantitative estimate of drug-likeness (QED) is 0.819. The first-order valence-electron chi connectivity index (χ1n) is 7.53. The molecule has 0 aliphatic rings. The van der Waals surface area contributed by atoms with Crippen LogP contribution < -0.4 is 0 Å². The summed E-state index contributed by atoms with van der Waals surface area (Å²) in [6.45, 7) is 4.23. The summed E-state index contributed by atoms with van der Waals surface area (Å²) in [6, 6.07) is 18.7. The van der Waals surface area contributed by atoms with E-state index in [9.17, 15) is 5.11 Å². The van der Waals surface area contributed by atoms with Gasteiger partial charge in [-0.25, -0.2) is 0 Å². The van der Waals surface area contributed by atoms with Crippen molar-refractivity contribution in [3.63, 3.8) is 0 Å². The molecule has 2 aromatic carbocycles. The highest BCUT2D eigenvalue weighted by molar-refractivity contribution is 5.30. The molecule has 0 saturated heterocycles. The summed E-state index contributed by atoms with van der Waals surface area (Å²) in [6.07, 6.45) is 3.64. The lowest BCUT2D eigenvalue weighted by Crippen LogP contribution is -2.27. The molecule has 1 N–H and O–H groups in total. The van der Waals surface area contributed by atoms with Crippen molar-refractivity contribution in [2.75, 3.05) is 0 Å². The van der Waals surface area contributed by atoms with E-state index in [1.807, 2.05) is 25.1 Å². The van der Waals surface area contributed by atoms with Crippen molar-refractivity contribution < 1.29 is 5.11 Å². The molecule has 1 heteroatoms. The summed E-state index contributed by atoms with van der Waals surface area (Å²) in [4.78, 5) is 0. The maximum Gasteiger partial charge on any atom is 0.0934 e. The van der Waals surface area contributed by atoms with Gasteiger partial charge in [0.25, 0.3) is 0 Å². The van der Waals surface area contributed by atoms with Gasteiger partial charge in [0.15, 0.2) is 0 Å². The summed E-state index contributed by atoms with van der Waals surface area (Å²) in [7, 11) is 0. The van der Waals surface area contributed by atoms with Crippen LogP contribution in [0.1, 0.15) is 43.4 Å². The molecule has 2 rings (SSSR count). The van der Waals surface area contributed by atoms with E-state index in [2.05, 4.69) is 43.3 Å². The monoisotopic (exact) mass is 268 g/mol. The van der Waals surface area contributed by atoms with Crippen LogP contribution >= 0.6 is 0 Å². The van der Waals surface area contributed by atoms with Crippen molar-refractivity contribution >= 4 is 0 Å². The lowest BCUT2D eigenvalue weighted by molar-refractivity contribution is 0.0327. The highest BCUT2D eigenvalue weighted by Crippen LogP contribution is 2.29. The molecule has 1 nitrogen and oxygen atoms in total. The van der Waals surface area contributed by atoms with Gasteiger partial charge < -0.3 is 5.11 Å². The maximum absolute atomic E-state index is 11.0. The van der Waals surface area contributed by atoms with E-state index in [4.69, 9.17) is 0 Å². The van der Waals surface area contributed by atoms with Crippen molar-refractivity contribution in [2.24, 2.45) is 0 Å². The molecule has 0 amide bonds. The summed E-state index contributed by atoms with van der Waals surface area (Å²) >= 11 is 0. The van der Waals surface area contributed by atoms with Crippen LogP contribution in [-0.2, 0) is 18.4 Å². The van der Waals surface area contributed by atoms with E-state index in [1.54, 1.807) is 0 Å². The first-order chi connectivity index (χ1) is 9.68. The fraction of sp³-hybridized carbons (Fsp3) is 0.368. The minimum atomic E-state index is -0.772. The first kappa shape index (κ1) is 14.8. The van der Waals surface area contributed by atoms with Gasteiger partial charge in [-0.1, -0.05) is 74.9 Å². The Bertz CT molecular complexity index is 515. The van der Waals surface area contributed by atoms with Gasteiger partial charge in [0.05, 0.1) is 5.60 Å². The number of hydrogen-bond acceptors (Lipinski definition) is 1. The second-order valence-corrected chi connectivity index (χ2v) is 5.49. The first-order valence-corrected chi connectivity index (χ1v) is 7.53. The van der Waals surface area contributed by atoms with E-state index in [-0.39, 0.29) is 0 Å². The van der Waals surface area contributed by atoms with E-state index in [0.717, 1.165) is 24.8 Å². The Kier molecular flexibility index (Phi) is 4.97. The third-order valence-electron chi connectivity index (χ3n) is 3.95. The van der Waals surface area contributed by atoms with E-state index in [0.29, 0.717) is 6.42 Å². The highest BCUT2D eigenvalue weighted by Gasteiger charge is 2.27. The molecule has 0 aromatic heterocycles. The number of aliphatic hydroxyl groups is 1. The van der Waals surface area contributed by atoms with Crippen molar-refractivity contribution in [3.8, 4) is 0 Å². The topological polar surface area (TPSA) is 20.2 Å². The maximum atomic E-state index is 11.0. The fourth-order valence-electron chi connectivity index (χ4n) is 2.64. The summed E-state index contributed by atoms with van der Waals surface area (Å²) < 4.78 is 0. The van der Waals surface area contributed by atoms with Gasteiger partial charge in [0, 0.05) is 6.42 Å². The molecule has 1 atom stereocenters. The third-order valence-corrected chi connectivity index (χ3v) is 3.95. The average molecular weight is 268 g/mol. The molecule has 0 heterocycles. The largest absolute Gasteiger partial charge is 0.385 e. The molecular weight excluding hydrogens is 244 g/mol. The average Bonchev–Trinajstić information content (AvgIpc) is 2.49. The van der Waals surface area contributed by atoms with Gasteiger partial charge >= 0.3 is 0 Å². The zero-order chi connectivity index (χ0) is 14.4. The predicted octanol–water partition coefficient (Wildman–Crippen LogP) is 4.48. The van der Waals surface area contributed by atoms with Crippen LogP contribution in [0.3, 0.4) is 0 Å². The highest BCUT2D eigenvalue weighted by atomic mass is 16.3. The molecule has 1 unspecified atom stereocenters. The fourth-order valence-corrected chi connectivity index (χ4v) is 2.64. The lowest BCUT2D eigenvalue weighted by atomic mass is 9.84. The molecule has 0 spiro atoms. The Morgan fingerprint density at radius 1 is 0.850 bits per heavy atom. The van der Waals surface area contributed by atoms with Crippen LogP contribution in [-0.4, -0.2) is 5.11 Å². The van der Waals surface area contributed by atoms with E-state index in [1.165, 1.54) is 11.1 Å². The SMILES string of the molecule is CCCc1ccc(C(O)(CC)Cc2ccccc2)cc1. The number of aryl methyl sites for hydroxylation is 1. The number of hydrogen-bond donors (Lipinski definition) is 1. The van der Waals surface area contributed by atoms with Crippen LogP contribution in [0.25, 0.3) is 0 Å². The van der Waals surface area contributed by atoms with Crippen LogP contribution in [0.2, 0.25) is 0 Å². The Morgan fingerprint density at radius 2 is 1.50 bits per heavy atom. The summed E-state index contributed by atoms with van der Waals surface area (Å²) in [5.74, 6) is 0. The zero-order valence-electron chi connectivity index (χ0n) is 12.5. The van der Waals surface area contributed by atoms with E-state index >= 15 is 0 Å². The Hall–Kier alpha value is -1.60. The molecule has 0 radical (unpaired) electrons. The summed E-state index contributed by atoms with van der Waals surface area (Å²) in [5, 5.41) is 11.0. The summed E-state index contributed by atoms with van der Waals surface area (Å²) in [5.41, 5.74) is 2.76. The molecule has 0 saturated carbocycles. The minimum absolute atomic E-state index is 0.664. The lowest BCUT2D eigenvalue weighted by Gasteiger charge is -2.28. The molecule has 0 aliphatic heterocycles. The Morgan fingerprint density at radius 3 is 2.05 bits per heavy atom. The standard InChI is InChI=1S/C19H24O/c1-3-8-16-11-13-18(14-12-16)19(20,4-2)15-17-9-6-5-7-10-17/h5-7,9-14,20H,3-4,8,15H2,1-2H3. The number of rotatable bonds is 6. The molecule has 0 aliphatic carbocycles. The van der Waals surface area contributed by atoms with Crippen LogP contribution in [0.15, 0.2) is 54.6 Å². The van der Waals surface area contributed by atoms with Gasteiger partial charge in [-0.05, 0) is 29.5 Å². The molecule has 2 aromatic rings. The van der Waals surface area contributed by atoms with Gasteiger partial charge in [-0.15, -0.1) is 0 Å². The zero-order valence-corrected chi connectivity index (χ0v) is 12.5. The molecule has 106 valence electrons. The van der Waals surface area contributed by atoms with Crippen molar-refractivity contribution in [2.45, 2.75) is 45.1 Å². The van der Waals surface area contributed by atoms with Crippen molar-refractivity contribution in [1.29, 1.82) is 0 Å². The van der Waals surface area contributed by atoms with E-state index < -0.39 is 5.60 Å². The Labute approximate surface area is 122 Å². The second-order valence-electron chi connectivity index (χ2n) is 5.49. The van der Waals surface area contributed by atoms with Gasteiger partial charge in [-0.3, -0.25) is 0 Å². The van der Waals surface area contributed by atoms with Gasteiger partial charge in [0.2, 0.25) is 0 Å². The van der Waals surface area contributed by atoms with Gasteiger partial charge in [-0.2, -0.15) is 0 Å². The van der Waals surface area contributed by atoms with Crippen LogP contribution in [0.5, 0.6) is 0 Å². The normalized spacial score (nSPS) is 13.9. The van der Waals surface area contributed by atoms with Gasteiger partial charge in [0.1, 0.15) is 0 Å². The van der Waals surface area contributed by atoms with Crippen LogP contribution in [0, 0.1) is 0 Å². The molecule has 20 heavy (non-hydrogen) atoms. The molecular formula is C19H24O. The smallest absolute Gasteiger partial charge is 0.0934 e. The predicted molar refractivity (Wildman–Crippen MR) is 84.8 cm³/mol. The minimum Gasteiger partial charge on any atom is -0.385 e. The molecule has 0 bridgehead atoms. The van der Waals surface area contributed by atoms with Crippen LogP contribution in [0.4, 0.5) is 0 Å². The van der Waals surface area contributed by atoms with Crippen molar-refractivity contribution in [1.82, 2.24) is 0 Å². The Balaban J connectivity index is 2.21. The third kappa shape index (κ3) is 3.49. The number of benzene rings is 2. The second kappa shape index (κ2) is 6.71.